The molecule has 3 aromatic rings. The van der Waals surface area contributed by atoms with Gasteiger partial charge in [0.1, 0.15) is 11.9 Å². The zero-order valence-corrected chi connectivity index (χ0v) is 13.7. The minimum absolute atomic E-state index is 0.0945. The summed E-state index contributed by atoms with van der Waals surface area (Å²) in [5.74, 6) is 1.02. The molecule has 2 aromatic heterocycles. The smallest absolute Gasteiger partial charge is 0.298 e. The molecule has 24 heavy (non-hydrogen) atoms. The number of benzene rings is 1. The van der Waals surface area contributed by atoms with Crippen LogP contribution in [0.1, 0.15) is 28.9 Å². The molecule has 3 heterocycles. The van der Waals surface area contributed by atoms with Crippen molar-refractivity contribution in [1.29, 1.82) is 0 Å². The molecule has 0 fully saturated rings. The number of hydrogen-bond donors (Lipinski definition) is 0. The summed E-state index contributed by atoms with van der Waals surface area (Å²) in [7, 11) is 0. The Labute approximate surface area is 138 Å². The van der Waals surface area contributed by atoms with E-state index < -0.39 is 0 Å². The number of aryl methyl sites for hydroxylation is 2. The van der Waals surface area contributed by atoms with E-state index >= 15 is 0 Å². The number of anilines is 1. The minimum atomic E-state index is -0.250. The second-order valence-corrected chi connectivity index (χ2v) is 6.00. The quantitative estimate of drug-likeness (QED) is 0.686. The fraction of sp³-hybridized carbons (Fsp3) is 0.294. The summed E-state index contributed by atoms with van der Waals surface area (Å²) in [5, 5.41) is 4.34. The lowest BCUT2D eigenvalue weighted by atomic mass is 10.2. The third-order valence-corrected chi connectivity index (χ3v) is 3.98. The molecule has 0 N–H and O–H groups in total. The lowest BCUT2D eigenvalue weighted by molar-refractivity contribution is 0.0951. The van der Waals surface area contributed by atoms with Crippen LogP contribution in [-0.4, -0.2) is 38.1 Å². The first kappa shape index (κ1) is 14.6. The Hall–Kier alpha value is -2.96. The largest absolute Gasteiger partial charge is 0.487 e. The van der Waals surface area contributed by atoms with E-state index in [0.717, 1.165) is 17.1 Å². The Balaban J connectivity index is 1.78. The molecule has 7 nitrogen and oxygen atoms in total. The normalized spacial score (nSPS) is 16.8. The van der Waals surface area contributed by atoms with Crippen LogP contribution >= 0.6 is 0 Å². The maximum absolute atomic E-state index is 13.0. The Morgan fingerprint density at radius 2 is 2.04 bits per heavy atom. The van der Waals surface area contributed by atoms with Crippen LogP contribution in [0.2, 0.25) is 0 Å². The van der Waals surface area contributed by atoms with Gasteiger partial charge in [-0.05, 0) is 39.0 Å². The standard InChI is InChI=1S/C17H17N5O2/c1-10-8-11(2)22-17(18-10)19-15(20-22)16(23)21-9-12(3)24-14-7-5-4-6-13(14)21/h4-8,12H,9H2,1-3H3/t12-/m1/s1. The van der Waals surface area contributed by atoms with Gasteiger partial charge in [-0.15, -0.1) is 5.10 Å². The summed E-state index contributed by atoms with van der Waals surface area (Å²) < 4.78 is 7.38. The van der Waals surface area contributed by atoms with Crippen molar-refractivity contribution in [2.45, 2.75) is 26.9 Å². The maximum Gasteiger partial charge on any atom is 0.298 e. The Kier molecular flexibility index (Phi) is 3.23. The molecule has 7 heteroatoms. The third-order valence-electron chi connectivity index (χ3n) is 3.98. The number of para-hydroxylation sites is 2. The maximum atomic E-state index is 13.0. The van der Waals surface area contributed by atoms with Gasteiger partial charge in [-0.2, -0.15) is 4.98 Å². The molecular formula is C17H17N5O2. The number of amides is 1. The molecule has 0 bridgehead atoms. The highest BCUT2D eigenvalue weighted by molar-refractivity contribution is 6.05. The molecule has 122 valence electrons. The summed E-state index contributed by atoms with van der Waals surface area (Å²) in [4.78, 5) is 23.3. The lowest BCUT2D eigenvalue weighted by Gasteiger charge is -2.32. The number of hydrogen-bond acceptors (Lipinski definition) is 5. The average Bonchev–Trinajstić information content (AvgIpc) is 2.97. The van der Waals surface area contributed by atoms with Crippen LogP contribution in [0, 0.1) is 13.8 Å². The van der Waals surface area contributed by atoms with Crippen molar-refractivity contribution in [2.24, 2.45) is 0 Å². The molecule has 0 aliphatic carbocycles. The number of nitrogens with zero attached hydrogens (tertiary/aromatic N) is 5. The van der Waals surface area contributed by atoms with Crippen LogP contribution in [0.4, 0.5) is 5.69 Å². The van der Waals surface area contributed by atoms with Crippen LogP contribution in [0.15, 0.2) is 30.3 Å². The topological polar surface area (TPSA) is 72.6 Å². The van der Waals surface area contributed by atoms with E-state index in [1.165, 1.54) is 0 Å². The summed E-state index contributed by atoms with van der Waals surface area (Å²) >= 11 is 0. The van der Waals surface area contributed by atoms with Crippen molar-refractivity contribution in [1.82, 2.24) is 19.6 Å². The highest BCUT2D eigenvalue weighted by Crippen LogP contribution is 2.33. The van der Waals surface area contributed by atoms with Crippen molar-refractivity contribution in [2.75, 3.05) is 11.4 Å². The second-order valence-electron chi connectivity index (χ2n) is 6.00. The van der Waals surface area contributed by atoms with Crippen LogP contribution in [0.3, 0.4) is 0 Å². The number of carbonyl (C=O) groups excluding carboxylic acids is 1. The van der Waals surface area contributed by atoms with Gasteiger partial charge in [0.15, 0.2) is 0 Å². The molecule has 1 amide bonds. The fourth-order valence-corrected chi connectivity index (χ4v) is 2.96. The van der Waals surface area contributed by atoms with Gasteiger partial charge in [0, 0.05) is 11.4 Å². The van der Waals surface area contributed by atoms with E-state index in [0.29, 0.717) is 18.1 Å². The molecule has 4 rings (SSSR count). The number of ether oxygens (including phenoxy) is 1. The Morgan fingerprint density at radius 3 is 2.88 bits per heavy atom. The number of aromatic nitrogens is 4. The van der Waals surface area contributed by atoms with Crippen molar-refractivity contribution < 1.29 is 9.53 Å². The third kappa shape index (κ3) is 2.29. The molecular weight excluding hydrogens is 306 g/mol. The van der Waals surface area contributed by atoms with Gasteiger partial charge in [0.25, 0.3) is 11.7 Å². The van der Waals surface area contributed by atoms with Crippen molar-refractivity contribution in [3.63, 3.8) is 0 Å². The van der Waals surface area contributed by atoms with Crippen molar-refractivity contribution in [3.05, 3.63) is 47.5 Å². The van der Waals surface area contributed by atoms with Crippen molar-refractivity contribution in [3.8, 4) is 5.75 Å². The number of carbonyl (C=O) groups is 1. The summed E-state index contributed by atoms with van der Waals surface area (Å²) in [6.07, 6.45) is -0.0945. The van der Waals surface area contributed by atoms with E-state index in [2.05, 4.69) is 15.1 Å². The highest BCUT2D eigenvalue weighted by Gasteiger charge is 2.30. The van der Waals surface area contributed by atoms with E-state index in [1.807, 2.05) is 51.1 Å². The minimum Gasteiger partial charge on any atom is -0.487 e. The Morgan fingerprint density at radius 1 is 1.25 bits per heavy atom. The summed E-state index contributed by atoms with van der Waals surface area (Å²) in [6.45, 7) is 6.19. The lowest BCUT2D eigenvalue weighted by Crippen LogP contribution is -2.42. The monoisotopic (exact) mass is 323 g/mol. The summed E-state index contributed by atoms with van der Waals surface area (Å²) in [5.41, 5.74) is 2.47. The zero-order valence-electron chi connectivity index (χ0n) is 13.7. The molecule has 1 atom stereocenters. The van der Waals surface area contributed by atoms with Crippen LogP contribution in [0.5, 0.6) is 5.75 Å². The zero-order chi connectivity index (χ0) is 16.8. The molecule has 0 saturated heterocycles. The molecule has 1 aliphatic rings. The number of fused-ring (bicyclic) bond motifs is 2. The van der Waals surface area contributed by atoms with Gasteiger partial charge in [-0.3, -0.25) is 9.69 Å². The van der Waals surface area contributed by atoms with Gasteiger partial charge in [0.05, 0.1) is 12.2 Å². The van der Waals surface area contributed by atoms with Crippen LogP contribution in [-0.2, 0) is 0 Å². The second kappa shape index (κ2) is 5.30. The van der Waals surface area contributed by atoms with Gasteiger partial charge < -0.3 is 4.74 Å². The van der Waals surface area contributed by atoms with E-state index in [-0.39, 0.29) is 17.8 Å². The van der Waals surface area contributed by atoms with Crippen LogP contribution < -0.4 is 9.64 Å². The molecule has 0 spiro atoms. The average molecular weight is 323 g/mol. The van der Waals surface area contributed by atoms with E-state index in [9.17, 15) is 4.79 Å². The van der Waals surface area contributed by atoms with E-state index in [4.69, 9.17) is 4.74 Å². The summed E-state index contributed by atoms with van der Waals surface area (Å²) in [6, 6.07) is 9.39. The molecule has 0 unspecified atom stereocenters. The fourth-order valence-electron chi connectivity index (χ4n) is 2.96. The van der Waals surface area contributed by atoms with Gasteiger partial charge in [-0.25, -0.2) is 9.50 Å². The van der Waals surface area contributed by atoms with Crippen LogP contribution in [0.25, 0.3) is 5.78 Å². The molecule has 1 aromatic carbocycles. The van der Waals surface area contributed by atoms with Gasteiger partial charge >= 0.3 is 0 Å². The van der Waals surface area contributed by atoms with Gasteiger partial charge in [0.2, 0.25) is 5.82 Å². The van der Waals surface area contributed by atoms with Crippen molar-refractivity contribution >= 4 is 17.4 Å². The number of rotatable bonds is 1. The molecule has 1 aliphatic heterocycles. The SMILES string of the molecule is Cc1cc(C)n2nc(C(=O)N3C[C@@H](C)Oc4ccccc43)nc2n1. The molecule has 0 saturated carbocycles. The predicted octanol–water partition coefficient (Wildman–Crippen LogP) is 2.17. The highest BCUT2D eigenvalue weighted by atomic mass is 16.5. The first-order valence-corrected chi connectivity index (χ1v) is 7.81. The Bertz CT molecular complexity index is 949. The first-order chi connectivity index (χ1) is 11.5. The first-order valence-electron chi connectivity index (χ1n) is 7.81. The van der Waals surface area contributed by atoms with Gasteiger partial charge in [-0.1, -0.05) is 12.1 Å². The predicted molar refractivity (Wildman–Crippen MR) is 88.5 cm³/mol. The molecule has 0 radical (unpaired) electrons. The van der Waals surface area contributed by atoms with E-state index in [1.54, 1.807) is 9.42 Å².